The van der Waals surface area contributed by atoms with Crippen LogP contribution in [0, 0.1) is 17.6 Å². The minimum atomic E-state index is -0.723. The van der Waals surface area contributed by atoms with E-state index in [2.05, 4.69) is 28.9 Å². The number of hydrogen-bond acceptors (Lipinski definition) is 3. The minimum Gasteiger partial charge on any atom is -0.331 e. The third kappa shape index (κ3) is 5.28. The molecular formula is C24H30F2N4O. The van der Waals surface area contributed by atoms with Crippen molar-refractivity contribution in [2.24, 2.45) is 5.92 Å². The zero-order chi connectivity index (χ0) is 22.5. The Kier molecular flexibility index (Phi) is 7.38. The van der Waals surface area contributed by atoms with Gasteiger partial charge < -0.3 is 14.8 Å². The van der Waals surface area contributed by atoms with E-state index in [0.717, 1.165) is 60.1 Å². The van der Waals surface area contributed by atoms with Crippen LogP contribution in [0.25, 0.3) is 11.0 Å². The number of halogens is 2. The number of nitrogens with one attached hydrogen (secondary N) is 1. The summed E-state index contributed by atoms with van der Waals surface area (Å²) < 4.78 is 30.1. The molecule has 1 heterocycles. The van der Waals surface area contributed by atoms with Crippen LogP contribution in [0.2, 0.25) is 0 Å². The second-order valence-corrected chi connectivity index (χ2v) is 8.24. The van der Waals surface area contributed by atoms with Gasteiger partial charge in [-0.05, 0) is 55.3 Å². The maximum absolute atomic E-state index is 14.3. The van der Waals surface area contributed by atoms with Gasteiger partial charge in [0.15, 0.2) is 0 Å². The highest BCUT2D eigenvalue weighted by Crippen LogP contribution is 2.22. The van der Waals surface area contributed by atoms with Crippen molar-refractivity contribution in [3.8, 4) is 0 Å². The molecule has 1 amide bonds. The predicted molar refractivity (Wildman–Crippen MR) is 119 cm³/mol. The molecule has 0 radical (unpaired) electrons. The van der Waals surface area contributed by atoms with Crippen LogP contribution < -0.4 is 5.32 Å². The zero-order valence-corrected chi connectivity index (χ0v) is 18.6. The molecule has 0 atom stereocenters. The number of aromatic nitrogens is 2. The number of fused-ring (bicyclic) bond motifs is 1. The van der Waals surface area contributed by atoms with Crippen molar-refractivity contribution in [2.45, 2.75) is 46.8 Å². The topological polar surface area (TPSA) is 50.2 Å². The average Bonchev–Trinajstić information content (AvgIpc) is 3.05. The Labute approximate surface area is 182 Å². The number of amides is 1. The lowest BCUT2D eigenvalue weighted by molar-refractivity contribution is 0.0711. The Morgan fingerprint density at radius 1 is 1.19 bits per heavy atom. The third-order valence-electron chi connectivity index (χ3n) is 5.08. The molecule has 0 spiro atoms. The van der Waals surface area contributed by atoms with Crippen molar-refractivity contribution in [1.82, 2.24) is 19.8 Å². The lowest BCUT2D eigenvalue weighted by Crippen LogP contribution is -2.35. The maximum atomic E-state index is 14.3. The number of benzene rings is 2. The van der Waals surface area contributed by atoms with Crippen LogP contribution in [0.15, 0.2) is 36.4 Å². The van der Waals surface area contributed by atoms with Crippen LogP contribution in [0.5, 0.6) is 0 Å². The van der Waals surface area contributed by atoms with E-state index >= 15 is 0 Å². The summed E-state index contributed by atoms with van der Waals surface area (Å²) in [5, 5.41) is 3.14. The smallest absolute Gasteiger partial charge is 0.257 e. The molecule has 0 saturated carbocycles. The Balaban J connectivity index is 2.01. The second kappa shape index (κ2) is 10.0. The number of nitrogens with zero attached hydrogens (tertiary/aromatic N) is 3. The van der Waals surface area contributed by atoms with Crippen molar-refractivity contribution in [2.75, 3.05) is 13.6 Å². The Morgan fingerprint density at radius 2 is 1.97 bits per heavy atom. The standard InChI is InChI=1S/C24H30F2N4O/c1-5-10-30-22-9-6-17(13-27-4)11-21(22)28-23(30)15-29(14-16(2)3)24(31)19-12-18(25)7-8-20(19)26/h6-9,11-12,16,27H,5,10,13-15H2,1-4H3. The Morgan fingerprint density at radius 3 is 2.65 bits per heavy atom. The summed E-state index contributed by atoms with van der Waals surface area (Å²) in [5.74, 6) is -0.990. The van der Waals surface area contributed by atoms with Crippen LogP contribution in [0.3, 0.4) is 0 Å². The molecule has 31 heavy (non-hydrogen) atoms. The number of rotatable bonds is 9. The number of hydrogen-bond donors (Lipinski definition) is 1. The van der Waals surface area contributed by atoms with E-state index in [0.29, 0.717) is 6.54 Å². The van der Waals surface area contributed by atoms with Crippen molar-refractivity contribution >= 4 is 16.9 Å². The molecule has 7 heteroatoms. The molecule has 0 saturated heterocycles. The van der Waals surface area contributed by atoms with E-state index in [4.69, 9.17) is 4.98 Å². The molecule has 0 aliphatic rings. The van der Waals surface area contributed by atoms with E-state index in [1.54, 1.807) is 4.90 Å². The fraction of sp³-hybridized carbons (Fsp3) is 0.417. The number of imidazole rings is 1. The first kappa shape index (κ1) is 22.9. The van der Waals surface area contributed by atoms with Gasteiger partial charge in [0.05, 0.1) is 23.1 Å². The molecule has 0 bridgehead atoms. The quantitative estimate of drug-likeness (QED) is 0.536. The number of carbonyl (C=O) groups is 1. The molecule has 0 aliphatic carbocycles. The summed E-state index contributed by atoms with van der Waals surface area (Å²) in [6.45, 7) is 8.20. The van der Waals surface area contributed by atoms with Gasteiger partial charge in [-0.1, -0.05) is 26.8 Å². The molecule has 1 aromatic heterocycles. The molecular weight excluding hydrogens is 398 g/mol. The first-order valence-corrected chi connectivity index (χ1v) is 10.7. The highest BCUT2D eigenvalue weighted by molar-refractivity contribution is 5.94. The van der Waals surface area contributed by atoms with Gasteiger partial charge >= 0.3 is 0 Å². The van der Waals surface area contributed by atoms with Crippen LogP contribution in [0.1, 0.15) is 48.9 Å². The van der Waals surface area contributed by atoms with Gasteiger partial charge in [-0.2, -0.15) is 0 Å². The summed E-state index contributed by atoms with van der Waals surface area (Å²) in [6, 6.07) is 9.13. The maximum Gasteiger partial charge on any atom is 0.257 e. The third-order valence-corrected chi connectivity index (χ3v) is 5.08. The van der Waals surface area contributed by atoms with E-state index in [9.17, 15) is 13.6 Å². The Bertz CT molecular complexity index is 1060. The minimum absolute atomic E-state index is 0.159. The van der Waals surface area contributed by atoms with Crippen molar-refractivity contribution in [3.05, 3.63) is 65.0 Å². The number of aryl methyl sites for hydroxylation is 1. The Hall–Kier alpha value is -2.80. The average molecular weight is 429 g/mol. The van der Waals surface area contributed by atoms with Crippen molar-refractivity contribution in [1.29, 1.82) is 0 Å². The van der Waals surface area contributed by atoms with Gasteiger partial charge in [0, 0.05) is 19.6 Å². The summed E-state index contributed by atoms with van der Waals surface area (Å²) in [4.78, 5) is 19.5. The molecule has 0 unspecified atom stereocenters. The molecule has 5 nitrogen and oxygen atoms in total. The second-order valence-electron chi connectivity index (χ2n) is 8.24. The van der Waals surface area contributed by atoms with Gasteiger partial charge in [0.1, 0.15) is 17.5 Å². The van der Waals surface area contributed by atoms with Gasteiger partial charge in [-0.25, -0.2) is 13.8 Å². The lowest BCUT2D eigenvalue weighted by Gasteiger charge is -2.25. The van der Waals surface area contributed by atoms with Crippen LogP contribution in [0.4, 0.5) is 8.78 Å². The zero-order valence-electron chi connectivity index (χ0n) is 18.6. The SMILES string of the molecule is CCCn1c(CN(CC(C)C)C(=O)c2cc(F)ccc2F)nc2cc(CNC)ccc21. The molecule has 0 fully saturated rings. The van der Waals surface area contributed by atoms with Gasteiger partial charge in [0.25, 0.3) is 5.91 Å². The van der Waals surface area contributed by atoms with Gasteiger partial charge in [0.2, 0.25) is 0 Å². The van der Waals surface area contributed by atoms with Crippen LogP contribution in [-0.4, -0.2) is 34.0 Å². The van der Waals surface area contributed by atoms with Gasteiger partial charge in [-0.15, -0.1) is 0 Å². The summed E-state index contributed by atoms with van der Waals surface area (Å²) in [6.07, 6.45) is 0.910. The monoisotopic (exact) mass is 428 g/mol. The molecule has 3 aromatic rings. The normalized spacial score (nSPS) is 11.5. The summed E-state index contributed by atoms with van der Waals surface area (Å²) in [5.41, 5.74) is 2.74. The van der Waals surface area contributed by atoms with Crippen LogP contribution >= 0.6 is 0 Å². The van der Waals surface area contributed by atoms with Gasteiger partial charge in [-0.3, -0.25) is 4.79 Å². The largest absolute Gasteiger partial charge is 0.331 e. The highest BCUT2D eigenvalue weighted by Gasteiger charge is 2.23. The molecule has 3 rings (SSSR count). The fourth-order valence-corrected chi connectivity index (χ4v) is 3.80. The molecule has 1 N–H and O–H groups in total. The lowest BCUT2D eigenvalue weighted by atomic mass is 10.1. The predicted octanol–water partition coefficient (Wildman–Crippen LogP) is 4.74. The summed E-state index contributed by atoms with van der Waals surface area (Å²) >= 11 is 0. The van der Waals surface area contributed by atoms with Crippen molar-refractivity contribution in [3.63, 3.8) is 0 Å². The first-order valence-electron chi connectivity index (χ1n) is 10.7. The molecule has 0 aliphatic heterocycles. The fourth-order valence-electron chi connectivity index (χ4n) is 3.80. The van der Waals surface area contributed by atoms with Crippen molar-refractivity contribution < 1.29 is 13.6 Å². The summed E-state index contributed by atoms with van der Waals surface area (Å²) in [7, 11) is 1.90. The number of carbonyl (C=O) groups excluding carboxylic acids is 1. The highest BCUT2D eigenvalue weighted by atomic mass is 19.1. The van der Waals surface area contributed by atoms with E-state index in [1.807, 2.05) is 27.0 Å². The van der Waals surface area contributed by atoms with E-state index in [1.165, 1.54) is 0 Å². The van der Waals surface area contributed by atoms with E-state index in [-0.39, 0.29) is 18.0 Å². The van der Waals surface area contributed by atoms with E-state index < -0.39 is 17.5 Å². The molecule has 2 aromatic carbocycles. The van der Waals surface area contributed by atoms with Crippen LogP contribution in [-0.2, 0) is 19.6 Å². The molecule has 166 valence electrons. The first-order chi connectivity index (χ1) is 14.8.